The highest BCUT2D eigenvalue weighted by Gasteiger charge is 2.03. The lowest BCUT2D eigenvalue weighted by Crippen LogP contribution is -2.26. The maximum atomic E-state index is 11.9. The van der Waals surface area contributed by atoms with Crippen molar-refractivity contribution in [1.29, 1.82) is 0 Å². The molecule has 0 spiro atoms. The number of amides is 1. The van der Waals surface area contributed by atoms with E-state index in [-0.39, 0.29) is 5.91 Å². The zero-order valence-corrected chi connectivity index (χ0v) is 13.3. The predicted octanol–water partition coefficient (Wildman–Crippen LogP) is 3.30. The van der Waals surface area contributed by atoms with Gasteiger partial charge in [-0.2, -0.15) is 0 Å². The summed E-state index contributed by atoms with van der Waals surface area (Å²) in [6.45, 7) is 2.81. The second-order valence-corrected chi connectivity index (χ2v) is 5.47. The van der Waals surface area contributed by atoms with Crippen molar-refractivity contribution in [1.82, 2.24) is 5.32 Å². The molecule has 0 aliphatic rings. The summed E-state index contributed by atoms with van der Waals surface area (Å²) in [5, 5.41) is 2.97. The van der Waals surface area contributed by atoms with Crippen LogP contribution in [0.5, 0.6) is 5.75 Å². The molecule has 0 aliphatic heterocycles. The predicted molar refractivity (Wildman–Crippen MR) is 89.2 cm³/mol. The van der Waals surface area contributed by atoms with Crippen molar-refractivity contribution in [3.8, 4) is 5.75 Å². The zero-order valence-electron chi connectivity index (χ0n) is 13.3. The van der Waals surface area contributed by atoms with Crippen molar-refractivity contribution >= 4 is 5.91 Å². The average molecular weight is 297 g/mol. The Morgan fingerprint density at radius 1 is 1.09 bits per heavy atom. The van der Waals surface area contributed by atoms with Crippen LogP contribution in [0.3, 0.4) is 0 Å². The Balaban J connectivity index is 1.69. The summed E-state index contributed by atoms with van der Waals surface area (Å²) in [4.78, 5) is 11.9. The zero-order chi connectivity index (χ0) is 15.8. The van der Waals surface area contributed by atoms with E-state index in [0.717, 1.165) is 24.2 Å². The van der Waals surface area contributed by atoms with Crippen LogP contribution in [0, 0.1) is 6.92 Å². The van der Waals surface area contributed by atoms with Crippen molar-refractivity contribution in [3.05, 3.63) is 65.2 Å². The molecule has 2 aromatic carbocycles. The molecule has 0 atom stereocenters. The van der Waals surface area contributed by atoms with Gasteiger partial charge in [0.15, 0.2) is 0 Å². The Bertz CT molecular complexity index is 605. The van der Waals surface area contributed by atoms with Crippen LogP contribution in [-0.4, -0.2) is 19.6 Å². The van der Waals surface area contributed by atoms with E-state index >= 15 is 0 Å². The number of aryl methyl sites for hydroxylation is 2. The third-order valence-corrected chi connectivity index (χ3v) is 3.57. The van der Waals surface area contributed by atoms with Gasteiger partial charge in [0.05, 0.1) is 13.5 Å². The standard InChI is InChI=1S/C19H23NO2/c1-15-5-3-6-16(13-15)7-4-12-20-19(21)14-17-8-10-18(22-2)11-9-17/h3,5-6,8-11,13H,4,7,12,14H2,1-2H3,(H,20,21). The molecule has 0 aliphatic carbocycles. The highest BCUT2D eigenvalue weighted by molar-refractivity contribution is 5.78. The number of nitrogens with one attached hydrogen (secondary N) is 1. The second-order valence-electron chi connectivity index (χ2n) is 5.47. The van der Waals surface area contributed by atoms with Gasteiger partial charge in [-0.05, 0) is 43.0 Å². The fourth-order valence-corrected chi connectivity index (χ4v) is 2.38. The molecule has 0 unspecified atom stereocenters. The van der Waals surface area contributed by atoms with Gasteiger partial charge in [0, 0.05) is 6.54 Å². The Kier molecular flexibility index (Phi) is 6.01. The molecule has 116 valence electrons. The van der Waals surface area contributed by atoms with Crippen LogP contribution in [0.15, 0.2) is 48.5 Å². The Labute approximate surface area is 132 Å². The minimum Gasteiger partial charge on any atom is -0.497 e. The average Bonchev–Trinajstić information content (AvgIpc) is 2.52. The van der Waals surface area contributed by atoms with Gasteiger partial charge in [0.1, 0.15) is 5.75 Å². The second kappa shape index (κ2) is 8.23. The van der Waals surface area contributed by atoms with Crippen LogP contribution in [0.4, 0.5) is 0 Å². The molecule has 2 rings (SSSR count). The fraction of sp³-hybridized carbons (Fsp3) is 0.316. The molecule has 3 nitrogen and oxygen atoms in total. The van der Waals surface area contributed by atoms with Gasteiger partial charge in [-0.25, -0.2) is 0 Å². The fourth-order valence-electron chi connectivity index (χ4n) is 2.38. The van der Waals surface area contributed by atoms with Gasteiger partial charge in [-0.3, -0.25) is 4.79 Å². The molecule has 3 heteroatoms. The largest absolute Gasteiger partial charge is 0.497 e. The summed E-state index contributed by atoms with van der Waals surface area (Å²) in [5.41, 5.74) is 3.60. The minimum atomic E-state index is 0.0643. The van der Waals surface area contributed by atoms with Crippen LogP contribution in [0.2, 0.25) is 0 Å². The van der Waals surface area contributed by atoms with Gasteiger partial charge in [-0.15, -0.1) is 0 Å². The van der Waals surface area contributed by atoms with Gasteiger partial charge in [0.2, 0.25) is 5.91 Å². The van der Waals surface area contributed by atoms with E-state index in [1.54, 1.807) is 7.11 Å². The van der Waals surface area contributed by atoms with Crippen molar-refractivity contribution < 1.29 is 9.53 Å². The number of hydrogen-bond donors (Lipinski definition) is 1. The van der Waals surface area contributed by atoms with Crippen molar-refractivity contribution in [2.75, 3.05) is 13.7 Å². The molecule has 0 aromatic heterocycles. The van der Waals surface area contributed by atoms with Crippen LogP contribution < -0.4 is 10.1 Å². The molecule has 0 radical (unpaired) electrons. The van der Waals surface area contributed by atoms with E-state index in [2.05, 4.69) is 36.5 Å². The van der Waals surface area contributed by atoms with Crippen molar-refractivity contribution in [3.63, 3.8) is 0 Å². The molecule has 1 N–H and O–H groups in total. The molecule has 1 amide bonds. The van der Waals surface area contributed by atoms with Gasteiger partial charge in [0.25, 0.3) is 0 Å². The van der Waals surface area contributed by atoms with Crippen molar-refractivity contribution in [2.24, 2.45) is 0 Å². The Morgan fingerprint density at radius 2 is 1.86 bits per heavy atom. The van der Waals surface area contributed by atoms with Gasteiger partial charge in [-0.1, -0.05) is 42.0 Å². The van der Waals surface area contributed by atoms with E-state index < -0.39 is 0 Å². The first-order valence-corrected chi connectivity index (χ1v) is 7.62. The van der Waals surface area contributed by atoms with E-state index in [1.165, 1.54) is 11.1 Å². The van der Waals surface area contributed by atoms with Crippen LogP contribution in [-0.2, 0) is 17.6 Å². The highest BCUT2D eigenvalue weighted by Crippen LogP contribution is 2.11. The smallest absolute Gasteiger partial charge is 0.224 e. The number of methoxy groups -OCH3 is 1. The first kappa shape index (κ1) is 16.1. The first-order chi connectivity index (χ1) is 10.7. The molecule has 0 bridgehead atoms. The molecule has 0 fully saturated rings. The SMILES string of the molecule is COc1ccc(CC(=O)NCCCc2cccc(C)c2)cc1. The lowest BCUT2D eigenvalue weighted by Gasteiger charge is -2.07. The quantitative estimate of drug-likeness (QED) is 0.796. The molecule has 22 heavy (non-hydrogen) atoms. The summed E-state index contributed by atoms with van der Waals surface area (Å²) in [5.74, 6) is 0.872. The normalized spacial score (nSPS) is 10.3. The lowest BCUT2D eigenvalue weighted by atomic mass is 10.1. The first-order valence-electron chi connectivity index (χ1n) is 7.62. The molecular formula is C19H23NO2. The summed E-state index contributed by atoms with van der Waals surface area (Å²) in [6.07, 6.45) is 2.36. The summed E-state index contributed by atoms with van der Waals surface area (Å²) in [6, 6.07) is 16.1. The molecule has 0 heterocycles. The van der Waals surface area contributed by atoms with E-state index in [4.69, 9.17) is 4.74 Å². The number of carbonyl (C=O) groups is 1. The Hall–Kier alpha value is -2.29. The highest BCUT2D eigenvalue weighted by atomic mass is 16.5. The minimum absolute atomic E-state index is 0.0643. The number of benzene rings is 2. The number of ether oxygens (including phenoxy) is 1. The van der Waals surface area contributed by atoms with Gasteiger partial charge >= 0.3 is 0 Å². The monoisotopic (exact) mass is 297 g/mol. The van der Waals surface area contributed by atoms with E-state index in [1.807, 2.05) is 24.3 Å². The summed E-state index contributed by atoms with van der Waals surface area (Å²) < 4.78 is 5.10. The van der Waals surface area contributed by atoms with Crippen LogP contribution >= 0.6 is 0 Å². The van der Waals surface area contributed by atoms with Gasteiger partial charge < -0.3 is 10.1 Å². The van der Waals surface area contributed by atoms with Crippen LogP contribution in [0.25, 0.3) is 0 Å². The lowest BCUT2D eigenvalue weighted by molar-refractivity contribution is -0.120. The topological polar surface area (TPSA) is 38.3 Å². The molecular weight excluding hydrogens is 274 g/mol. The van der Waals surface area contributed by atoms with E-state index in [0.29, 0.717) is 13.0 Å². The summed E-state index contributed by atoms with van der Waals surface area (Å²) in [7, 11) is 1.63. The maximum Gasteiger partial charge on any atom is 0.224 e. The number of hydrogen-bond acceptors (Lipinski definition) is 2. The third-order valence-electron chi connectivity index (χ3n) is 3.57. The molecule has 0 saturated carbocycles. The third kappa shape index (κ3) is 5.24. The number of rotatable bonds is 7. The molecule has 0 saturated heterocycles. The maximum absolute atomic E-state index is 11.9. The summed E-state index contributed by atoms with van der Waals surface area (Å²) >= 11 is 0. The van der Waals surface area contributed by atoms with Crippen LogP contribution in [0.1, 0.15) is 23.1 Å². The van der Waals surface area contributed by atoms with E-state index in [9.17, 15) is 4.79 Å². The Morgan fingerprint density at radius 3 is 2.55 bits per heavy atom. The van der Waals surface area contributed by atoms with Crippen molar-refractivity contribution in [2.45, 2.75) is 26.2 Å². The number of carbonyl (C=O) groups excluding carboxylic acids is 1. The molecule has 2 aromatic rings.